The predicted octanol–water partition coefficient (Wildman–Crippen LogP) is 1.26. The molecule has 0 unspecified atom stereocenters. The number of hydrogen-bond donors (Lipinski definition) is 1. The van der Waals surface area contributed by atoms with Gasteiger partial charge < -0.3 is 15.0 Å². The minimum atomic E-state index is 0.107. The van der Waals surface area contributed by atoms with E-state index in [1.807, 2.05) is 6.92 Å². The minimum absolute atomic E-state index is 0.107. The lowest BCUT2D eigenvalue weighted by Gasteiger charge is -2.55. The largest absolute Gasteiger partial charge is 0.378 e. The highest BCUT2D eigenvalue weighted by Crippen LogP contribution is 2.45. The van der Waals surface area contributed by atoms with Crippen LogP contribution in [0.15, 0.2) is 0 Å². The van der Waals surface area contributed by atoms with Gasteiger partial charge in [0.25, 0.3) is 0 Å². The number of amides is 1. The van der Waals surface area contributed by atoms with Gasteiger partial charge in [0, 0.05) is 38.1 Å². The highest BCUT2D eigenvalue weighted by Gasteiger charge is 2.50. The molecular weight excluding hydrogens is 216 g/mol. The van der Waals surface area contributed by atoms with Crippen LogP contribution in [0.1, 0.15) is 33.6 Å². The van der Waals surface area contributed by atoms with E-state index in [4.69, 9.17) is 4.74 Å². The lowest BCUT2D eigenvalue weighted by atomic mass is 9.64. The molecule has 2 atom stereocenters. The van der Waals surface area contributed by atoms with Gasteiger partial charge in [0.05, 0.1) is 6.10 Å². The molecule has 0 aliphatic heterocycles. The average molecular weight is 242 g/mol. The van der Waals surface area contributed by atoms with Gasteiger partial charge in [-0.2, -0.15) is 0 Å². The maximum Gasteiger partial charge on any atom is 0.221 e. The van der Waals surface area contributed by atoms with Crippen molar-refractivity contribution in [2.45, 2.75) is 45.8 Å². The molecule has 4 heteroatoms. The minimum Gasteiger partial charge on any atom is -0.378 e. The smallest absolute Gasteiger partial charge is 0.221 e. The van der Waals surface area contributed by atoms with Crippen molar-refractivity contribution in [2.24, 2.45) is 5.41 Å². The maximum atomic E-state index is 11.2. The van der Waals surface area contributed by atoms with E-state index >= 15 is 0 Å². The molecule has 1 aliphatic rings. The molecule has 0 bridgehead atoms. The number of rotatable bonds is 6. The fourth-order valence-corrected chi connectivity index (χ4v) is 2.66. The van der Waals surface area contributed by atoms with E-state index in [1.165, 1.54) is 0 Å². The Morgan fingerprint density at radius 1 is 1.53 bits per heavy atom. The summed E-state index contributed by atoms with van der Waals surface area (Å²) in [5.41, 5.74) is 0.188. The lowest BCUT2D eigenvalue weighted by Crippen LogP contribution is -2.61. The predicted molar refractivity (Wildman–Crippen MR) is 68.9 cm³/mol. The van der Waals surface area contributed by atoms with Crippen LogP contribution >= 0.6 is 0 Å². The first-order chi connectivity index (χ1) is 7.93. The number of nitrogens with one attached hydrogen (secondary N) is 1. The fraction of sp³-hybridized carbons (Fsp3) is 0.923. The number of hydrogen-bond acceptors (Lipinski definition) is 3. The Morgan fingerprint density at radius 2 is 2.18 bits per heavy atom. The molecule has 100 valence electrons. The second-order valence-electron chi connectivity index (χ2n) is 5.42. The lowest BCUT2D eigenvalue weighted by molar-refractivity contribution is -0.146. The Morgan fingerprint density at radius 3 is 2.65 bits per heavy atom. The van der Waals surface area contributed by atoms with Gasteiger partial charge in [0.2, 0.25) is 5.91 Å². The Kier molecular flexibility index (Phi) is 4.95. The number of nitrogens with zero attached hydrogens (tertiary/aromatic N) is 1. The zero-order chi connectivity index (χ0) is 13.1. The van der Waals surface area contributed by atoms with Crippen molar-refractivity contribution in [3.8, 4) is 0 Å². The number of carbonyl (C=O) groups excluding carboxylic acids is 1. The SMILES string of the molecule is CCO[C@H]1C[C@H](N(C)CCC(=O)NC)C1(C)C. The first-order valence-electron chi connectivity index (χ1n) is 6.45. The molecule has 1 saturated carbocycles. The van der Waals surface area contributed by atoms with Crippen LogP contribution in [0.3, 0.4) is 0 Å². The molecule has 0 aromatic rings. The van der Waals surface area contributed by atoms with Gasteiger partial charge in [-0.3, -0.25) is 4.79 Å². The summed E-state index contributed by atoms with van der Waals surface area (Å²) in [5.74, 6) is 0.107. The second-order valence-corrected chi connectivity index (χ2v) is 5.42. The van der Waals surface area contributed by atoms with Crippen LogP contribution in [0.2, 0.25) is 0 Å². The standard InChI is InChI=1S/C13H26N2O2/c1-6-17-11-9-10(13(11,2)3)15(5)8-7-12(16)14-4/h10-11H,6-9H2,1-5H3,(H,14,16)/t10-,11-/m0/s1. The van der Waals surface area contributed by atoms with Gasteiger partial charge in [-0.25, -0.2) is 0 Å². The average Bonchev–Trinajstić information content (AvgIpc) is 2.30. The van der Waals surface area contributed by atoms with E-state index in [0.717, 1.165) is 19.6 Å². The van der Waals surface area contributed by atoms with Gasteiger partial charge in [-0.1, -0.05) is 13.8 Å². The zero-order valence-electron chi connectivity index (χ0n) is 11.7. The Labute approximate surface area is 105 Å². The van der Waals surface area contributed by atoms with E-state index < -0.39 is 0 Å². The first kappa shape index (κ1) is 14.5. The van der Waals surface area contributed by atoms with Gasteiger partial charge in [-0.05, 0) is 20.4 Å². The third-order valence-electron chi connectivity index (χ3n) is 4.00. The highest BCUT2D eigenvalue weighted by molar-refractivity contribution is 5.75. The molecule has 0 radical (unpaired) electrons. The van der Waals surface area contributed by atoms with Crippen LogP contribution in [0.5, 0.6) is 0 Å². The maximum absolute atomic E-state index is 11.2. The third kappa shape index (κ3) is 3.19. The monoisotopic (exact) mass is 242 g/mol. The normalized spacial score (nSPS) is 26.7. The van der Waals surface area contributed by atoms with Crippen LogP contribution in [0.25, 0.3) is 0 Å². The molecule has 1 rings (SSSR count). The van der Waals surface area contributed by atoms with Crippen LogP contribution in [-0.4, -0.2) is 50.2 Å². The first-order valence-corrected chi connectivity index (χ1v) is 6.45. The number of ether oxygens (including phenoxy) is 1. The van der Waals surface area contributed by atoms with Crippen LogP contribution in [-0.2, 0) is 9.53 Å². The van der Waals surface area contributed by atoms with E-state index in [1.54, 1.807) is 7.05 Å². The van der Waals surface area contributed by atoms with Crippen molar-refractivity contribution in [3.63, 3.8) is 0 Å². The summed E-state index contributed by atoms with van der Waals surface area (Å²) in [5, 5.41) is 2.65. The van der Waals surface area contributed by atoms with Crippen molar-refractivity contribution >= 4 is 5.91 Å². The summed E-state index contributed by atoms with van der Waals surface area (Å²) in [6, 6.07) is 0.517. The summed E-state index contributed by atoms with van der Waals surface area (Å²) in [6.45, 7) is 8.13. The number of carbonyl (C=O) groups is 1. The summed E-state index contributed by atoms with van der Waals surface area (Å²) in [7, 11) is 3.78. The van der Waals surface area contributed by atoms with Gasteiger partial charge >= 0.3 is 0 Å². The molecule has 4 nitrogen and oxygen atoms in total. The van der Waals surface area contributed by atoms with Gasteiger partial charge in [0.15, 0.2) is 0 Å². The van der Waals surface area contributed by atoms with Gasteiger partial charge in [0.1, 0.15) is 0 Å². The molecule has 1 amide bonds. The van der Waals surface area contributed by atoms with Crippen LogP contribution < -0.4 is 5.32 Å². The van der Waals surface area contributed by atoms with Crippen LogP contribution in [0.4, 0.5) is 0 Å². The second kappa shape index (κ2) is 5.83. The molecule has 1 fully saturated rings. The van der Waals surface area contributed by atoms with Crippen LogP contribution in [0, 0.1) is 5.41 Å². The van der Waals surface area contributed by atoms with E-state index in [9.17, 15) is 4.79 Å². The van der Waals surface area contributed by atoms with E-state index in [2.05, 4.69) is 31.1 Å². The third-order valence-corrected chi connectivity index (χ3v) is 4.00. The summed E-state index contributed by atoms with van der Waals surface area (Å²) >= 11 is 0. The van der Waals surface area contributed by atoms with Gasteiger partial charge in [-0.15, -0.1) is 0 Å². The molecule has 17 heavy (non-hydrogen) atoms. The summed E-state index contributed by atoms with van der Waals surface area (Å²) < 4.78 is 5.71. The van der Waals surface area contributed by atoms with Crippen molar-refractivity contribution in [1.82, 2.24) is 10.2 Å². The molecule has 0 heterocycles. The molecule has 1 N–H and O–H groups in total. The Balaban J connectivity index is 2.39. The fourth-order valence-electron chi connectivity index (χ4n) is 2.66. The molecule has 0 spiro atoms. The Bertz CT molecular complexity index is 266. The molecule has 0 aromatic carbocycles. The topological polar surface area (TPSA) is 41.6 Å². The van der Waals surface area contributed by atoms with Crippen molar-refractivity contribution in [2.75, 3.05) is 27.2 Å². The van der Waals surface area contributed by atoms with E-state index in [0.29, 0.717) is 18.6 Å². The zero-order valence-corrected chi connectivity index (χ0v) is 11.7. The van der Waals surface area contributed by atoms with Crippen molar-refractivity contribution in [1.29, 1.82) is 0 Å². The van der Waals surface area contributed by atoms with Crippen molar-refractivity contribution in [3.05, 3.63) is 0 Å². The molecule has 0 saturated heterocycles. The quantitative estimate of drug-likeness (QED) is 0.762. The van der Waals surface area contributed by atoms with Crippen molar-refractivity contribution < 1.29 is 9.53 Å². The Hall–Kier alpha value is -0.610. The summed E-state index contributed by atoms with van der Waals surface area (Å²) in [4.78, 5) is 13.5. The van der Waals surface area contributed by atoms with E-state index in [-0.39, 0.29) is 11.3 Å². The highest BCUT2D eigenvalue weighted by atomic mass is 16.5. The molecular formula is C13H26N2O2. The summed E-state index contributed by atoms with van der Waals surface area (Å²) in [6.07, 6.45) is 2.00. The molecule has 0 aromatic heterocycles. The molecule has 1 aliphatic carbocycles.